The van der Waals surface area contributed by atoms with Gasteiger partial charge >= 0.3 is 17.9 Å². The first-order valence-corrected chi connectivity index (χ1v) is 8.50. The third-order valence-corrected chi connectivity index (χ3v) is 4.10. The van der Waals surface area contributed by atoms with Crippen LogP contribution in [0.15, 0.2) is 6.33 Å². The number of hydrogen-bond donors (Lipinski definition) is 0. The maximum absolute atomic E-state index is 11.6. The van der Waals surface area contributed by atoms with Crippen LogP contribution in [0.4, 0.5) is 0 Å². The summed E-state index contributed by atoms with van der Waals surface area (Å²) in [5.41, 5.74) is 0.478. The minimum atomic E-state index is -1.06. The molecule has 1 saturated heterocycles. The molecular weight excluding hydrogens is 398 g/mol. The van der Waals surface area contributed by atoms with Gasteiger partial charge in [-0.3, -0.25) is 19.0 Å². The summed E-state index contributed by atoms with van der Waals surface area (Å²) in [7, 11) is 0. The van der Waals surface area contributed by atoms with Gasteiger partial charge in [0.05, 0.1) is 6.33 Å². The Kier molecular flexibility index (Phi) is 5.70. The zero-order valence-electron chi connectivity index (χ0n) is 15.1. The van der Waals surface area contributed by atoms with Crippen molar-refractivity contribution in [2.24, 2.45) is 0 Å². The quantitative estimate of drug-likeness (QED) is 0.489. The Labute approximate surface area is 163 Å². The minimum absolute atomic E-state index is 0.0267. The van der Waals surface area contributed by atoms with Gasteiger partial charge in [-0.15, -0.1) is 10.2 Å². The fraction of sp³-hybridized carbons (Fsp3) is 0.533. The number of imidazole rings is 1. The molecule has 150 valence electrons. The van der Waals surface area contributed by atoms with Gasteiger partial charge in [0.25, 0.3) is 0 Å². The van der Waals surface area contributed by atoms with Crippen molar-refractivity contribution in [1.82, 2.24) is 25.0 Å². The molecule has 3 heterocycles. The second kappa shape index (κ2) is 8.02. The minimum Gasteiger partial charge on any atom is -0.463 e. The number of carbonyl (C=O) groups excluding carboxylic acids is 3. The summed E-state index contributed by atoms with van der Waals surface area (Å²) in [6.45, 7) is 3.41. The molecule has 0 spiro atoms. The summed E-state index contributed by atoms with van der Waals surface area (Å²) >= 11 is 5.97. The zero-order valence-corrected chi connectivity index (χ0v) is 15.8. The molecule has 13 heteroatoms. The SMILES string of the molecule is CC(=O)OCC1OC(n2cnc3c(Cl)nnnc32)[C@H](OC(C)=O)C1OC(C)=O. The van der Waals surface area contributed by atoms with Crippen LogP contribution in [0.2, 0.25) is 5.15 Å². The Morgan fingerprint density at radius 3 is 2.43 bits per heavy atom. The molecule has 2 aromatic rings. The van der Waals surface area contributed by atoms with Crippen molar-refractivity contribution >= 4 is 40.7 Å². The lowest BCUT2D eigenvalue weighted by Gasteiger charge is -2.23. The number of rotatable bonds is 5. The molecule has 28 heavy (non-hydrogen) atoms. The number of esters is 3. The van der Waals surface area contributed by atoms with Crippen LogP contribution < -0.4 is 0 Å². The summed E-state index contributed by atoms with van der Waals surface area (Å²) in [4.78, 5) is 38.5. The van der Waals surface area contributed by atoms with Crippen LogP contribution >= 0.6 is 11.6 Å². The van der Waals surface area contributed by atoms with Gasteiger partial charge in [0.15, 0.2) is 29.2 Å². The van der Waals surface area contributed by atoms with Crippen molar-refractivity contribution in [3.05, 3.63) is 11.5 Å². The van der Waals surface area contributed by atoms with Crippen molar-refractivity contribution < 1.29 is 33.3 Å². The Morgan fingerprint density at radius 2 is 1.79 bits per heavy atom. The van der Waals surface area contributed by atoms with Gasteiger partial charge in [-0.05, 0) is 5.21 Å². The van der Waals surface area contributed by atoms with E-state index in [-0.39, 0.29) is 22.9 Å². The lowest BCUT2D eigenvalue weighted by molar-refractivity contribution is -0.166. The largest absolute Gasteiger partial charge is 0.463 e. The number of halogens is 1. The van der Waals surface area contributed by atoms with Gasteiger partial charge in [-0.2, -0.15) is 0 Å². The highest BCUT2D eigenvalue weighted by Crippen LogP contribution is 2.36. The van der Waals surface area contributed by atoms with Crippen LogP contribution in [-0.2, 0) is 33.3 Å². The predicted octanol–water partition coefficient (Wildman–Crippen LogP) is 0.199. The Balaban J connectivity index is 2.01. The van der Waals surface area contributed by atoms with Crippen molar-refractivity contribution in [2.45, 2.75) is 45.3 Å². The summed E-state index contributed by atoms with van der Waals surface area (Å²) < 4.78 is 22.9. The Hall–Kier alpha value is -2.86. The van der Waals surface area contributed by atoms with Crippen molar-refractivity contribution in [2.75, 3.05) is 6.61 Å². The second-order valence-corrected chi connectivity index (χ2v) is 6.28. The standard InChI is InChI=1S/C15H16ClN5O7/c1-6(22)25-4-9-11(26-7(2)23)12(27-8(3)24)15(28-9)21-5-17-10-13(16)18-20-19-14(10)21/h5,9,11-12,15H,4H2,1-3H3/t9?,11?,12-,15?/m1/s1. The number of carbonyl (C=O) groups is 3. The molecule has 0 N–H and O–H groups in total. The highest BCUT2D eigenvalue weighted by atomic mass is 35.5. The van der Waals surface area contributed by atoms with Crippen LogP contribution in [0.25, 0.3) is 11.2 Å². The number of ether oxygens (including phenoxy) is 4. The summed E-state index contributed by atoms with van der Waals surface area (Å²) in [6, 6.07) is 0. The monoisotopic (exact) mass is 413 g/mol. The van der Waals surface area contributed by atoms with E-state index >= 15 is 0 Å². The fourth-order valence-corrected chi connectivity index (χ4v) is 3.02. The molecule has 3 rings (SSSR count). The van der Waals surface area contributed by atoms with Gasteiger partial charge in [0, 0.05) is 20.8 Å². The third kappa shape index (κ3) is 4.02. The molecule has 4 atom stereocenters. The Bertz CT molecular complexity index is 919. The molecule has 1 aliphatic rings. The topological polar surface area (TPSA) is 145 Å². The van der Waals surface area contributed by atoms with E-state index in [4.69, 9.17) is 30.5 Å². The Morgan fingerprint density at radius 1 is 1.11 bits per heavy atom. The molecule has 0 aliphatic carbocycles. The first kappa shape index (κ1) is 19.9. The number of hydrogen-bond acceptors (Lipinski definition) is 11. The van der Waals surface area contributed by atoms with Crippen LogP contribution in [-0.4, -0.2) is 67.8 Å². The maximum atomic E-state index is 11.6. The molecule has 0 amide bonds. The molecule has 0 bridgehead atoms. The van der Waals surface area contributed by atoms with Crippen LogP contribution in [0.5, 0.6) is 0 Å². The van der Waals surface area contributed by atoms with Gasteiger partial charge in [-0.25, -0.2) is 4.98 Å². The molecule has 3 unspecified atom stereocenters. The summed E-state index contributed by atoms with van der Waals surface area (Å²) in [5.74, 6) is -1.80. The van der Waals surface area contributed by atoms with E-state index in [0.717, 1.165) is 0 Å². The lowest BCUT2D eigenvalue weighted by Crippen LogP contribution is -2.40. The summed E-state index contributed by atoms with van der Waals surface area (Å²) in [5, 5.41) is 11.1. The normalized spacial score (nSPS) is 24.1. The zero-order chi connectivity index (χ0) is 20.4. The number of fused-ring (bicyclic) bond motifs is 1. The highest BCUT2D eigenvalue weighted by molar-refractivity contribution is 6.33. The van der Waals surface area contributed by atoms with Crippen LogP contribution in [0, 0.1) is 0 Å². The van der Waals surface area contributed by atoms with E-state index < -0.39 is 42.4 Å². The van der Waals surface area contributed by atoms with E-state index in [0.29, 0.717) is 0 Å². The van der Waals surface area contributed by atoms with Crippen LogP contribution in [0.3, 0.4) is 0 Å². The average molecular weight is 414 g/mol. The van der Waals surface area contributed by atoms with E-state index in [1.54, 1.807) is 0 Å². The number of nitrogens with zero attached hydrogens (tertiary/aromatic N) is 5. The van der Waals surface area contributed by atoms with Crippen molar-refractivity contribution in [3.8, 4) is 0 Å². The van der Waals surface area contributed by atoms with Gasteiger partial charge in [0.2, 0.25) is 0 Å². The van der Waals surface area contributed by atoms with Crippen LogP contribution in [0.1, 0.15) is 27.0 Å². The summed E-state index contributed by atoms with van der Waals surface area (Å²) in [6.07, 6.45) is -2.63. The second-order valence-electron chi connectivity index (χ2n) is 5.92. The molecule has 0 aromatic carbocycles. The fourth-order valence-electron chi connectivity index (χ4n) is 2.85. The molecular formula is C15H16ClN5O7. The third-order valence-electron chi connectivity index (χ3n) is 3.85. The van der Waals surface area contributed by atoms with E-state index in [9.17, 15) is 14.4 Å². The molecule has 0 saturated carbocycles. The lowest BCUT2D eigenvalue weighted by atomic mass is 10.1. The average Bonchev–Trinajstić information content (AvgIpc) is 3.16. The van der Waals surface area contributed by atoms with Crippen molar-refractivity contribution in [1.29, 1.82) is 0 Å². The molecule has 1 fully saturated rings. The van der Waals surface area contributed by atoms with Gasteiger partial charge in [-0.1, -0.05) is 11.6 Å². The molecule has 0 radical (unpaired) electrons. The maximum Gasteiger partial charge on any atom is 0.303 e. The first-order chi connectivity index (χ1) is 13.3. The van der Waals surface area contributed by atoms with E-state index in [1.807, 2.05) is 0 Å². The predicted molar refractivity (Wildman–Crippen MR) is 89.8 cm³/mol. The first-order valence-electron chi connectivity index (χ1n) is 8.12. The van der Waals surface area contributed by atoms with Gasteiger partial charge < -0.3 is 18.9 Å². The van der Waals surface area contributed by atoms with E-state index in [2.05, 4.69) is 20.4 Å². The molecule has 2 aromatic heterocycles. The highest BCUT2D eigenvalue weighted by Gasteiger charge is 2.51. The molecule has 1 aliphatic heterocycles. The van der Waals surface area contributed by atoms with Crippen molar-refractivity contribution in [3.63, 3.8) is 0 Å². The smallest absolute Gasteiger partial charge is 0.303 e. The number of aromatic nitrogens is 5. The molecule has 12 nitrogen and oxygen atoms in total. The van der Waals surface area contributed by atoms with Gasteiger partial charge in [0.1, 0.15) is 18.2 Å². The van der Waals surface area contributed by atoms with E-state index in [1.165, 1.54) is 31.7 Å².